The zero-order chi connectivity index (χ0) is 18.3. The monoisotopic (exact) mass is 357 g/mol. The Hall–Kier alpha value is -2.90. The number of nitrogens with zero attached hydrogens (tertiary/aromatic N) is 4. The summed E-state index contributed by atoms with van der Waals surface area (Å²) in [6.45, 7) is 1.35. The fourth-order valence-corrected chi connectivity index (χ4v) is 3.23. The van der Waals surface area contributed by atoms with E-state index in [9.17, 15) is 14.0 Å². The smallest absolute Gasteiger partial charge is 0.338 e. The van der Waals surface area contributed by atoms with E-state index in [1.54, 1.807) is 24.2 Å². The molecule has 0 aliphatic carbocycles. The minimum atomic E-state index is -0.378. The number of hydrogen-bond donors (Lipinski definition) is 1. The van der Waals surface area contributed by atoms with E-state index in [-0.39, 0.29) is 23.7 Å². The molecule has 26 heavy (non-hydrogen) atoms. The van der Waals surface area contributed by atoms with Gasteiger partial charge in [0.1, 0.15) is 23.5 Å². The van der Waals surface area contributed by atoms with E-state index in [4.69, 9.17) is 0 Å². The maximum atomic E-state index is 13.3. The maximum Gasteiger partial charge on any atom is 0.338 e. The van der Waals surface area contributed by atoms with Gasteiger partial charge in [0.25, 0.3) is 0 Å². The van der Waals surface area contributed by atoms with E-state index >= 15 is 0 Å². The average molecular weight is 357 g/mol. The number of aromatic nitrogens is 2. The molecular weight excluding hydrogens is 337 g/mol. The van der Waals surface area contributed by atoms with E-state index in [2.05, 4.69) is 10.3 Å². The Bertz CT molecular complexity index is 942. The first kappa shape index (κ1) is 16.6. The molecule has 1 amide bonds. The molecule has 3 heterocycles. The molecule has 1 atom stereocenters. The fourth-order valence-electron chi connectivity index (χ4n) is 3.23. The van der Waals surface area contributed by atoms with Crippen molar-refractivity contribution >= 4 is 18.1 Å². The molecule has 1 saturated heterocycles. The molecule has 0 spiro atoms. The summed E-state index contributed by atoms with van der Waals surface area (Å²) < 4.78 is 15.9. The Kier molecular flexibility index (Phi) is 4.10. The highest BCUT2D eigenvalue weighted by Gasteiger charge is 2.30. The number of benzene rings is 1. The summed E-state index contributed by atoms with van der Waals surface area (Å²) in [5.74, 6) is 0.218. The Balaban J connectivity index is 1.55. The second kappa shape index (κ2) is 6.44. The van der Waals surface area contributed by atoms with Crippen molar-refractivity contribution in [3.63, 3.8) is 0 Å². The van der Waals surface area contributed by atoms with Gasteiger partial charge in [0.05, 0.1) is 6.21 Å². The SMILES string of the molecule is Cn1c2c(n(C(=O)N3CCC3)c1=O)NC(CCc1cccc(F)c1)N=C2. The maximum absolute atomic E-state index is 13.3. The van der Waals surface area contributed by atoms with Crippen LogP contribution in [0.1, 0.15) is 24.1 Å². The van der Waals surface area contributed by atoms with Gasteiger partial charge >= 0.3 is 11.7 Å². The van der Waals surface area contributed by atoms with Gasteiger partial charge in [-0.25, -0.2) is 14.0 Å². The van der Waals surface area contributed by atoms with Crippen LogP contribution in [0.15, 0.2) is 34.1 Å². The number of likely N-dealkylation sites (tertiary alicyclic amines) is 1. The minimum absolute atomic E-state index is 0.262. The molecule has 8 heteroatoms. The van der Waals surface area contributed by atoms with Gasteiger partial charge in [-0.3, -0.25) is 9.56 Å². The number of amides is 1. The minimum Gasteiger partial charge on any atom is -0.348 e. The standard InChI is InChI=1S/C18H20FN5O2/c1-22-14-11-20-15(7-6-12-4-2-5-13(19)10-12)21-16(14)24(17(22)25)18(26)23-8-3-9-23/h2,4-5,10-11,15,21H,3,6-9H2,1H3. The molecule has 2 aromatic rings. The van der Waals surface area contributed by atoms with Crippen LogP contribution in [0.4, 0.5) is 15.0 Å². The highest BCUT2D eigenvalue weighted by atomic mass is 19.1. The van der Waals surface area contributed by atoms with E-state index in [1.165, 1.54) is 21.3 Å². The molecule has 1 N–H and O–H groups in total. The molecule has 4 rings (SSSR count). The molecule has 0 saturated carbocycles. The summed E-state index contributed by atoms with van der Waals surface area (Å²) >= 11 is 0. The number of imidazole rings is 1. The Morgan fingerprint density at radius 3 is 2.88 bits per heavy atom. The largest absolute Gasteiger partial charge is 0.348 e. The normalized spacial score (nSPS) is 18.2. The first-order chi connectivity index (χ1) is 12.5. The zero-order valence-corrected chi connectivity index (χ0v) is 14.5. The summed E-state index contributed by atoms with van der Waals surface area (Å²) in [5, 5.41) is 3.20. The van der Waals surface area contributed by atoms with Gasteiger partial charge in [-0.2, -0.15) is 4.57 Å². The van der Waals surface area contributed by atoms with Crippen molar-refractivity contribution in [3.05, 3.63) is 51.8 Å². The highest BCUT2D eigenvalue weighted by Crippen LogP contribution is 2.22. The van der Waals surface area contributed by atoms with Gasteiger partial charge in [0, 0.05) is 20.1 Å². The third-order valence-electron chi connectivity index (χ3n) is 4.90. The van der Waals surface area contributed by atoms with Crippen LogP contribution < -0.4 is 11.0 Å². The Morgan fingerprint density at radius 1 is 1.38 bits per heavy atom. The van der Waals surface area contributed by atoms with Crippen LogP contribution in [-0.2, 0) is 13.5 Å². The van der Waals surface area contributed by atoms with Crippen LogP contribution in [0.2, 0.25) is 0 Å². The molecule has 1 aromatic carbocycles. The van der Waals surface area contributed by atoms with Crippen LogP contribution in [-0.4, -0.2) is 45.5 Å². The number of anilines is 1. The van der Waals surface area contributed by atoms with E-state index in [1.807, 2.05) is 6.07 Å². The molecule has 2 aliphatic rings. The third-order valence-corrected chi connectivity index (χ3v) is 4.90. The van der Waals surface area contributed by atoms with Crippen molar-refractivity contribution in [2.75, 3.05) is 18.4 Å². The van der Waals surface area contributed by atoms with Crippen molar-refractivity contribution in [1.82, 2.24) is 14.0 Å². The molecular formula is C18H20FN5O2. The summed E-state index contributed by atoms with van der Waals surface area (Å²) in [6, 6.07) is 6.17. The number of hydrogen-bond acceptors (Lipinski definition) is 4. The predicted octanol–water partition coefficient (Wildman–Crippen LogP) is 1.80. The Labute approximate surface area is 149 Å². The molecule has 7 nitrogen and oxygen atoms in total. The fraction of sp³-hybridized carbons (Fsp3) is 0.389. The lowest BCUT2D eigenvalue weighted by atomic mass is 10.1. The van der Waals surface area contributed by atoms with Crippen LogP contribution >= 0.6 is 0 Å². The topological polar surface area (TPSA) is 71.6 Å². The summed E-state index contributed by atoms with van der Waals surface area (Å²) in [5.41, 5.74) is 1.09. The van der Waals surface area contributed by atoms with Gasteiger partial charge in [0.15, 0.2) is 0 Å². The van der Waals surface area contributed by atoms with Crippen LogP contribution in [0.5, 0.6) is 0 Å². The van der Waals surface area contributed by atoms with Crippen molar-refractivity contribution < 1.29 is 9.18 Å². The average Bonchev–Trinajstić information content (AvgIpc) is 2.82. The number of fused-ring (bicyclic) bond motifs is 1. The summed E-state index contributed by atoms with van der Waals surface area (Å²) in [7, 11) is 1.63. The molecule has 0 bridgehead atoms. The van der Waals surface area contributed by atoms with Crippen molar-refractivity contribution in [1.29, 1.82) is 0 Å². The Morgan fingerprint density at radius 2 is 2.19 bits per heavy atom. The number of nitrogens with one attached hydrogen (secondary N) is 1. The zero-order valence-electron chi connectivity index (χ0n) is 14.5. The molecule has 0 radical (unpaired) electrons. The van der Waals surface area contributed by atoms with E-state index < -0.39 is 0 Å². The van der Waals surface area contributed by atoms with E-state index in [0.717, 1.165) is 12.0 Å². The molecule has 1 aromatic heterocycles. The lowest BCUT2D eigenvalue weighted by molar-refractivity contribution is 0.168. The van der Waals surface area contributed by atoms with E-state index in [0.29, 0.717) is 37.4 Å². The van der Waals surface area contributed by atoms with Crippen LogP contribution in [0.25, 0.3) is 0 Å². The number of carbonyl (C=O) groups is 1. The van der Waals surface area contributed by atoms with Crippen LogP contribution in [0, 0.1) is 5.82 Å². The summed E-state index contributed by atoms with van der Waals surface area (Å²) in [6.07, 6.45) is 3.58. The van der Waals surface area contributed by atoms with Crippen molar-refractivity contribution in [3.8, 4) is 0 Å². The highest BCUT2D eigenvalue weighted by molar-refractivity contribution is 5.91. The summed E-state index contributed by atoms with van der Waals surface area (Å²) in [4.78, 5) is 31.2. The first-order valence-electron chi connectivity index (χ1n) is 8.70. The number of aryl methyl sites for hydroxylation is 1. The van der Waals surface area contributed by atoms with Gasteiger partial charge in [-0.1, -0.05) is 12.1 Å². The second-order valence-corrected chi connectivity index (χ2v) is 6.64. The number of aliphatic imine (C=N–C) groups is 1. The first-order valence-corrected chi connectivity index (χ1v) is 8.70. The lowest BCUT2D eigenvalue weighted by Crippen LogP contribution is -2.47. The molecule has 1 fully saturated rings. The van der Waals surface area contributed by atoms with Gasteiger partial charge in [-0.15, -0.1) is 0 Å². The second-order valence-electron chi connectivity index (χ2n) is 6.64. The third kappa shape index (κ3) is 2.81. The number of rotatable bonds is 3. The number of carbonyl (C=O) groups excluding carboxylic acids is 1. The predicted molar refractivity (Wildman–Crippen MR) is 96.4 cm³/mol. The van der Waals surface area contributed by atoms with Crippen molar-refractivity contribution in [2.24, 2.45) is 12.0 Å². The van der Waals surface area contributed by atoms with Gasteiger partial charge in [-0.05, 0) is 37.0 Å². The molecule has 136 valence electrons. The molecule has 1 unspecified atom stereocenters. The van der Waals surface area contributed by atoms with Crippen LogP contribution in [0.3, 0.4) is 0 Å². The van der Waals surface area contributed by atoms with Gasteiger partial charge in [0.2, 0.25) is 0 Å². The quantitative estimate of drug-likeness (QED) is 0.911. The molecule has 2 aliphatic heterocycles. The van der Waals surface area contributed by atoms with Crippen molar-refractivity contribution in [2.45, 2.75) is 25.4 Å². The van der Waals surface area contributed by atoms with Gasteiger partial charge < -0.3 is 10.2 Å². The number of halogens is 1. The lowest BCUT2D eigenvalue weighted by Gasteiger charge is -2.31.